The second kappa shape index (κ2) is 9.38. The average Bonchev–Trinajstić information content (AvgIpc) is 2.62. The number of nitrogens with one attached hydrogen (secondary N) is 1. The summed E-state index contributed by atoms with van der Waals surface area (Å²) in [7, 11) is 3.19. The van der Waals surface area contributed by atoms with Crippen LogP contribution in [0.25, 0.3) is 0 Å². The molecule has 0 saturated carbocycles. The van der Waals surface area contributed by atoms with Crippen LogP contribution < -0.4 is 19.5 Å². The number of benzene rings is 2. The fraction of sp³-hybridized carbons (Fsp3) is 0.350. The van der Waals surface area contributed by atoms with Gasteiger partial charge in [0.1, 0.15) is 5.75 Å². The standard InChI is InChI=1S/C20H25NO4S/c1-13(2)25-16-8-6-15(7-9-16)21-20(22)14(3)26-17-10-11-18(23-4)19(12-17)24-5/h6-14H,1-5H3,(H,21,22)/t14-/m0/s1. The molecule has 0 saturated heterocycles. The molecule has 0 aromatic heterocycles. The van der Waals surface area contributed by atoms with Crippen molar-refractivity contribution in [3.8, 4) is 17.2 Å². The highest BCUT2D eigenvalue weighted by Gasteiger charge is 2.16. The molecule has 0 aliphatic rings. The van der Waals surface area contributed by atoms with Crippen LogP contribution in [0.1, 0.15) is 20.8 Å². The molecule has 6 heteroatoms. The minimum absolute atomic E-state index is 0.0673. The van der Waals surface area contributed by atoms with Crippen molar-refractivity contribution >= 4 is 23.4 Å². The molecular weight excluding hydrogens is 350 g/mol. The van der Waals surface area contributed by atoms with Crippen LogP contribution in [-0.2, 0) is 4.79 Å². The van der Waals surface area contributed by atoms with E-state index in [1.807, 2.05) is 63.2 Å². The van der Waals surface area contributed by atoms with Crippen molar-refractivity contribution in [1.82, 2.24) is 0 Å². The predicted octanol–water partition coefficient (Wildman–Crippen LogP) is 4.61. The van der Waals surface area contributed by atoms with E-state index in [1.165, 1.54) is 11.8 Å². The number of hydrogen-bond donors (Lipinski definition) is 1. The molecule has 0 spiro atoms. The first-order valence-corrected chi connectivity index (χ1v) is 9.27. The van der Waals surface area contributed by atoms with Crippen molar-refractivity contribution in [3.63, 3.8) is 0 Å². The Labute approximate surface area is 159 Å². The lowest BCUT2D eigenvalue weighted by atomic mass is 10.3. The summed E-state index contributed by atoms with van der Waals surface area (Å²) in [5.74, 6) is 2.02. The molecule has 0 unspecified atom stereocenters. The lowest BCUT2D eigenvalue weighted by molar-refractivity contribution is -0.115. The third-order valence-corrected chi connectivity index (χ3v) is 4.62. The molecule has 0 fully saturated rings. The van der Waals surface area contributed by atoms with Crippen molar-refractivity contribution in [3.05, 3.63) is 42.5 Å². The zero-order valence-corrected chi connectivity index (χ0v) is 16.6. The van der Waals surface area contributed by atoms with E-state index in [4.69, 9.17) is 14.2 Å². The normalized spacial score (nSPS) is 11.8. The van der Waals surface area contributed by atoms with Crippen molar-refractivity contribution in [2.75, 3.05) is 19.5 Å². The van der Waals surface area contributed by atoms with E-state index in [9.17, 15) is 4.79 Å². The van der Waals surface area contributed by atoms with Crippen molar-refractivity contribution in [1.29, 1.82) is 0 Å². The van der Waals surface area contributed by atoms with E-state index in [-0.39, 0.29) is 17.3 Å². The third-order valence-electron chi connectivity index (χ3n) is 3.53. The number of thioether (sulfide) groups is 1. The minimum Gasteiger partial charge on any atom is -0.493 e. The summed E-state index contributed by atoms with van der Waals surface area (Å²) in [5, 5.41) is 2.66. The van der Waals surface area contributed by atoms with Gasteiger partial charge in [-0.2, -0.15) is 0 Å². The van der Waals surface area contributed by atoms with Gasteiger partial charge in [0.05, 0.1) is 25.6 Å². The summed E-state index contributed by atoms with van der Waals surface area (Å²) in [6.45, 7) is 5.82. The van der Waals surface area contributed by atoms with E-state index in [1.54, 1.807) is 14.2 Å². The quantitative estimate of drug-likeness (QED) is 0.683. The number of carbonyl (C=O) groups excluding carboxylic acids is 1. The fourth-order valence-electron chi connectivity index (χ4n) is 2.28. The molecule has 0 bridgehead atoms. The average molecular weight is 375 g/mol. The zero-order chi connectivity index (χ0) is 19.1. The number of rotatable bonds is 8. The number of carbonyl (C=O) groups is 1. The SMILES string of the molecule is COc1ccc(S[C@@H](C)C(=O)Nc2ccc(OC(C)C)cc2)cc1OC. The van der Waals surface area contributed by atoms with E-state index in [0.29, 0.717) is 11.5 Å². The van der Waals surface area contributed by atoms with E-state index >= 15 is 0 Å². The van der Waals surface area contributed by atoms with Gasteiger partial charge in [0.2, 0.25) is 5.91 Å². The molecule has 0 radical (unpaired) electrons. The Balaban J connectivity index is 1.97. The molecule has 1 N–H and O–H groups in total. The molecule has 2 aromatic rings. The van der Waals surface area contributed by atoms with Gasteiger partial charge in [-0.1, -0.05) is 0 Å². The van der Waals surface area contributed by atoms with Gasteiger partial charge in [0.15, 0.2) is 11.5 Å². The molecule has 0 heterocycles. The van der Waals surface area contributed by atoms with Crippen LogP contribution in [0.4, 0.5) is 5.69 Å². The molecule has 2 rings (SSSR count). The summed E-state index contributed by atoms with van der Waals surface area (Å²) in [6, 6.07) is 13.0. The first-order chi connectivity index (χ1) is 12.4. The molecule has 140 valence electrons. The predicted molar refractivity (Wildman–Crippen MR) is 106 cm³/mol. The number of anilines is 1. The molecule has 26 heavy (non-hydrogen) atoms. The minimum atomic E-state index is -0.264. The second-order valence-electron chi connectivity index (χ2n) is 5.96. The van der Waals surface area contributed by atoms with Crippen LogP contribution in [0.2, 0.25) is 0 Å². The number of ether oxygens (including phenoxy) is 3. The van der Waals surface area contributed by atoms with Gasteiger partial charge in [-0.15, -0.1) is 11.8 Å². The summed E-state index contributed by atoms with van der Waals surface area (Å²) in [4.78, 5) is 13.4. The number of hydrogen-bond acceptors (Lipinski definition) is 5. The Morgan fingerprint density at radius 2 is 1.62 bits per heavy atom. The number of amides is 1. The lowest BCUT2D eigenvalue weighted by Gasteiger charge is -2.14. The zero-order valence-electron chi connectivity index (χ0n) is 15.7. The largest absolute Gasteiger partial charge is 0.493 e. The maximum Gasteiger partial charge on any atom is 0.237 e. The maximum atomic E-state index is 12.4. The van der Waals surface area contributed by atoms with Crippen LogP contribution in [0.5, 0.6) is 17.2 Å². The summed E-state index contributed by atoms with van der Waals surface area (Å²) >= 11 is 1.46. The van der Waals surface area contributed by atoms with Gasteiger partial charge >= 0.3 is 0 Å². The molecule has 1 atom stereocenters. The van der Waals surface area contributed by atoms with Crippen molar-refractivity contribution in [2.24, 2.45) is 0 Å². The van der Waals surface area contributed by atoms with E-state index < -0.39 is 0 Å². The summed E-state index contributed by atoms with van der Waals surface area (Å²) in [6.07, 6.45) is 0.119. The van der Waals surface area contributed by atoms with Crippen molar-refractivity contribution < 1.29 is 19.0 Å². The Bertz CT molecular complexity index is 731. The first kappa shape index (κ1) is 20.0. The first-order valence-electron chi connectivity index (χ1n) is 8.39. The van der Waals surface area contributed by atoms with Crippen LogP contribution in [-0.4, -0.2) is 31.5 Å². The molecule has 2 aromatic carbocycles. The Kier molecular flexibility index (Phi) is 7.21. The highest BCUT2D eigenvalue weighted by atomic mass is 32.2. The highest BCUT2D eigenvalue weighted by molar-refractivity contribution is 8.00. The van der Waals surface area contributed by atoms with Gasteiger partial charge in [-0.25, -0.2) is 0 Å². The molecule has 1 amide bonds. The van der Waals surface area contributed by atoms with Gasteiger partial charge in [-0.05, 0) is 63.2 Å². The van der Waals surface area contributed by atoms with Crippen molar-refractivity contribution in [2.45, 2.75) is 37.0 Å². The van der Waals surface area contributed by atoms with Crippen LogP contribution in [0.15, 0.2) is 47.4 Å². The van der Waals surface area contributed by atoms with Crippen LogP contribution in [0.3, 0.4) is 0 Å². The van der Waals surface area contributed by atoms with Gasteiger partial charge in [-0.3, -0.25) is 4.79 Å². The lowest BCUT2D eigenvalue weighted by Crippen LogP contribution is -2.22. The second-order valence-corrected chi connectivity index (χ2v) is 7.37. The maximum absolute atomic E-state index is 12.4. The Morgan fingerprint density at radius 1 is 0.962 bits per heavy atom. The highest BCUT2D eigenvalue weighted by Crippen LogP contribution is 2.33. The van der Waals surface area contributed by atoms with Gasteiger partial charge < -0.3 is 19.5 Å². The summed E-state index contributed by atoms with van der Waals surface area (Å²) < 4.78 is 16.1. The monoisotopic (exact) mass is 375 g/mol. The fourth-order valence-corrected chi connectivity index (χ4v) is 3.18. The molecule has 0 aliphatic heterocycles. The van der Waals surface area contributed by atoms with Crippen LogP contribution in [0, 0.1) is 0 Å². The molecule has 5 nitrogen and oxygen atoms in total. The third kappa shape index (κ3) is 5.59. The summed E-state index contributed by atoms with van der Waals surface area (Å²) in [5.41, 5.74) is 0.742. The molecule has 0 aliphatic carbocycles. The number of methoxy groups -OCH3 is 2. The van der Waals surface area contributed by atoms with E-state index in [2.05, 4.69) is 5.32 Å². The van der Waals surface area contributed by atoms with Crippen LogP contribution >= 0.6 is 11.8 Å². The smallest absolute Gasteiger partial charge is 0.237 e. The van der Waals surface area contributed by atoms with E-state index in [0.717, 1.165) is 16.3 Å². The molecular formula is C20H25NO4S. The Hall–Kier alpha value is -2.34. The Morgan fingerprint density at radius 3 is 2.19 bits per heavy atom. The van der Waals surface area contributed by atoms with Gasteiger partial charge in [0, 0.05) is 10.6 Å². The topological polar surface area (TPSA) is 56.8 Å². The van der Waals surface area contributed by atoms with Gasteiger partial charge in [0.25, 0.3) is 0 Å².